The van der Waals surface area contributed by atoms with Crippen molar-refractivity contribution in [2.45, 2.75) is 70.4 Å². The first kappa shape index (κ1) is 37.5. The molecule has 9 nitrogen and oxygen atoms in total. The van der Waals surface area contributed by atoms with Crippen LogP contribution in [0, 0.1) is 11.3 Å². The van der Waals surface area contributed by atoms with Gasteiger partial charge in [0.15, 0.2) is 0 Å². The number of amides is 3. The molecule has 2 aromatic heterocycles. The molecule has 3 amide bonds. The van der Waals surface area contributed by atoms with Crippen LogP contribution in [0.25, 0.3) is 6.08 Å². The molecule has 5 rings (SSSR count). The Labute approximate surface area is 307 Å². The van der Waals surface area contributed by atoms with E-state index in [9.17, 15) is 19.2 Å². The molecule has 3 N–H and O–H groups in total. The van der Waals surface area contributed by atoms with E-state index in [2.05, 4.69) is 41.7 Å². The molecule has 0 saturated heterocycles. The van der Waals surface area contributed by atoms with Gasteiger partial charge in [-0.05, 0) is 97.5 Å². The van der Waals surface area contributed by atoms with Crippen LogP contribution in [0.2, 0.25) is 0 Å². The van der Waals surface area contributed by atoms with Gasteiger partial charge in [0.2, 0.25) is 5.91 Å². The van der Waals surface area contributed by atoms with E-state index in [1.165, 1.54) is 23.1 Å². The molecule has 0 bridgehead atoms. The maximum Gasteiger partial charge on any atom is 0.341 e. The van der Waals surface area contributed by atoms with Crippen LogP contribution in [0.3, 0.4) is 0 Å². The Hall–Kier alpha value is -4.74. The molecule has 0 radical (unpaired) electrons. The average molecular weight is 725 g/mol. The lowest BCUT2D eigenvalue weighted by Crippen LogP contribution is -2.30. The number of benzene rings is 2. The zero-order chi connectivity index (χ0) is 36.5. The third-order valence-corrected chi connectivity index (χ3v) is 11.3. The zero-order valence-corrected chi connectivity index (χ0v) is 31.2. The van der Waals surface area contributed by atoms with Crippen molar-refractivity contribution < 1.29 is 23.9 Å². The maximum absolute atomic E-state index is 13.8. The van der Waals surface area contributed by atoms with E-state index in [4.69, 9.17) is 4.74 Å². The second-order valence-corrected chi connectivity index (χ2v) is 15.8. The minimum Gasteiger partial charge on any atom is -0.462 e. The highest BCUT2D eigenvalue weighted by atomic mass is 32.2. The molecule has 11 heteroatoms. The number of carbonyl (C=O) groups excluding carboxylic acids is 4. The van der Waals surface area contributed by atoms with Gasteiger partial charge in [-0.15, -0.1) is 23.1 Å². The van der Waals surface area contributed by atoms with Gasteiger partial charge < -0.3 is 20.7 Å². The molecular formula is C40H44N4O5S2. The predicted octanol–water partition coefficient (Wildman–Crippen LogP) is 8.39. The fraction of sp³-hybridized carbons (Fsp3) is 0.325. The molecule has 2 heterocycles. The molecule has 2 aromatic carbocycles. The van der Waals surface area contributed by atoms with Crippen LogP contribution in [0.15, 0.2) is 89.7 Å². The summed E-state index contributed by atoms with van der Waals surface area (Å²) >= 11 is 2.86. The first-order chi connectivity index (χ1) is 24.5. The number of anilines is 2. The molecule has 51 heavy (non-hydrogen) atoms. The summed E-state index contributed by atoms with van der Waals surface area (Å²) in [6, 6.07) is 19.4. The summed E-state index contributed by atoms with van der Waals surface area (Å²) in [6.07, 6.45) is 7.94. The number of nitrogens with one attached hydrogen (secondary N) is 3. The quantitative estimate of drug-likeness (QED) is 0.0761. The average Bonchev–Trinajstić information content (AvgIpc) is 3.48. The molecule has 2 atom stereocenters. The lowest BCUT2D eigenvalue weighted by atomic mass is 9.72. The summed E-state index contributed by atoms with van der Waals surface area (Å²) in [6.45, 7) is 10.7. The van der Waals surface area contributed by atoms with E-state index in [0.717, 1.165) is 34.6 Å². The van der Waals surface area contributed by atoms with Gasteiger partial charge in [0.25, 0.3) is 11.8 Å². The van der Waals surface area contributed by atoms with E-state index < -0.39 is 23.0 Å². The van der Waals surface area contributed by atoms with Crippen molar-refractivity contribution in [3.8, 4) is 0 Å². The normalized spacial score (nSPS) is 14.9. The minimum absolute atomic E-state index is 0.0468. The van der Waals surface area contributed by atoms with Gasteiger partial charge >= 0.3 is 5.97 Å². The number of fused-ring (bicyclic) bond motifs is 1. The zero-order valence-electron chi connectivity index (χ0n) is 29.6. The fourth-order valence-corrected chi connectivity index (χ4v) is 8.26. The van der Waals surface area contributed by atoms with E-state index in [1.54, 1.807) is 80.0 Å². The summed E-state index contributed by atoms with van der Waals surface area (Å²) in [5.74, 6) is -1.07. The standard InChI is InChI=1S/C40H44N4O5S2/c1-6-32(37(47)44-38-34(39(48)49-7-2)30-19-18-27(40(3,4)5)22-33(30)51-38)50-29-17-11-16-28(23-29)42-36(46)31(21-25-13-12-20-41-24-25)43-35(45)26-14-9-8-10-15-26/h8-17,20-21,23-24,27,32H,6-7,18-19,22H2,1-5H3,(H,42,46)(H,43,45)(H,44,47)/b31-21-. The highest BCUT2D eigenvalue weighted by molar-refractivity contribution is 8.00. The van der Waals surface area contributed by atoms with Crippen molar-refractivity contribution in [3.05, 3.63) is 112 Å². The highest BCUT2D eigenvalue weighted by Gasteiger charge is 2.35. The van der Waals surface area contributed by atoms with Gasteiger partial charge in [-0.3, -0.25) is 19.4 Å². The molecule has 0 saturated carbocycles. The van der Waals surface area contributed by atoms with E-state index in [-0.39, 0.29) is 23.6 Å². The van der Waals surface area contributed by atoms with Crippen molar-refractivity contribution in [2.75, 3.05) is 17.2 Å². The van der Waals surface area contributed by atoms with Crippen molar-refractivity contribution in [1.29, 1.82) is 0 Å². The number of aromatic nitrogens is 1. The lowest BCUT2D eigenvalue weighted by Gasteiger charge is -2.33. The Morgan fingerprint density at radius 3 is 2.49 bits per heavy atom. The SMILES string of the molecule is CCOC(=O)c1c(NC(=O)C(CC)Sc2cccc(NC(=O)/C(=C/c3cccnc3)NC(=O)c3ccccc3)c2)sc2c1CCC(C(C)(C)C)C2. The number of esters is 1. The van der Waals surface area contributed by atoms with Crippen LogP contribution in [0.4, 0.5) is 10.7 Å². The number of hydrogen-bond acceptors (Lipinski definition) is 8. The molecule has 266 valence electrons. The second-order valence-electron chi connectivity index (χ2n) is 13.4. The van der Waals surface area contributed by atoms with E-state index >= 15 is 0 Å². The van der Waals surface area contributed by atoms with Crippen molar-refractivity contribution >= 4 is 63.6 Å². The van der Waals surface area contributed by atoms with Gasteiger partial charge in [0.05, 0.1) is 17.4 Å². The van der Waals surface area contributed by atoms with Gasteiger partial charge in [-0.1, -0.05) is 58.0 Å². The number of ether oxygens (including phenoxy) is 1. The van der Waals surface area contributed by atoms with Crippen LogP contribution >= 0.6 is 23.1 Å². The number of thioether (sulfide) groups is 1. The first-order valence-electron chi connectivity index (χ1n) is 17.2. The molecule has 0 aliphatic heterocycles. The van der Waals surface area contributed by atoms with Crippen LogP contribution in [0.5, 0.6) is 0 Å². The number of thiophene rings is 1. The van der Waals surface area contributed by atoms with Crippen LogP contribution in [-0.4, -0.2) is 40.5 Å². The Kier molecular flexibility index (Phi) is 12.5. The van der Waals surface area contributed by atoms with E-state index in [0.29, 0.717) is 39.7 Å². The largest absolute Gasteiger partial charge is 0.462 e. The first-order valence-corrected chi connectivity index (χ1v) is 18.8. The number of pyridine rings is 1. The number of rotatable bonds is 12. The van der Waals surface area contributed by atoms with Crippen LogP contribution < -0.4 is 16.0 Å². The fourth-order valence-electron chi connectivity index (χ4n) is 5.93. The van der Waals surface area contributed by atoms with Crippen LogP contribution in [0.1, 0.15) is 84.2 Å². The Bertz CT molecular complexity index is 1900. The second kappa shape index (κ2) is 17.0. The summed E-state index contributed by atoms with van der Waals surface area (Å²) in [4.78, 5) is 59.5. The summed E-state index contributed by atoms with van der Waals surface area (Å²) in [7, 11) is 0. The number of hydrogen-bond donors (Lipinski definition) is 3. The lowest BCUT2D eigenvalue weighted by molar-refractivity contribution is -0.116. The van der Waals surface area contributed by atoms with Gasteiger partial charge in [-0.2, -0.15) is 0 Å². The minimum atomic E-state index is -0.517. The Morgan fingerprint density at radius 2 is 1.80 bits per heavy atom. The maximum atomic E-state index is 13.8. The third-order valence-electron chi connectivity index (χ3n) is 8.76. The van der Waals surface area contributed by atoms with Crippen molar-refractivity contribution in [2.24, 2.45) is 11.3 Å². The molecule has 1 aliphatic rings. The van der Waals surface area contributed by atoms with Crippen molar-refractivity contribution in [1.82, 2.24) is 10.3 Å². The smallest absolute Gasteiger partial charge is 0.341 e. The van der Waals surface area contributed by atoms with Crippen molar-refractivity contribution in [3.63, 3.8) is 0 Å². The third kappa shape index (κ3) is 9.74. The highest BCUT2D eigenvalue weighted by Crippen LogP contribution is 2.45. The van der Waals surface area contributed by atoms with Gasteiger partial charge in [-0.25, -0.2) is 4.79 Å². The monoisotopic (exact) mass is 724 g/mol. The summed E-state index contributed by atoms with van der Waals surface area (Å²) < 4.78 is 5.44. The molecule has 1 aliphatic carbocycles. The molecular weight excluding hydrogens is 681 g/mol. The Balaban J connectivity index is 1.31. The molecule has 0 fully saturated rings. The van der Waals surface area contributed by atoms with Gasteiger partial charge in [0.1, 0.15) is 10.7 Å². The molecule has 0 spiro atoms. The summed E-state index contributed by atoms with van der Waals surface area (Å²) in [5.41, 5.74) is 3.22. The summed E-state index contributed by atoms with van der Waals surface area (Å²) in [5, 5.41) is 8.78. The predicted molar refractivity (Wildman–Crippen MR) is 205 cm³/mol. The number of carbonyl (C=O) groups is 4. The van der Waals surface area contributed by atoms with Gasteiger partial charge in [0, 0.05) is 33.4 Å². The number of nitrogens with zero attached hydrogens (tertiary/aromatic N) is 1. The topological polar surface area (TPSA) is 126 Å². The molecule has 2 unspecified atom stereocenters. The Morgan fingerprint density at radius 1 is 1.02 bits per heavy atom. The van der Waals surface area contributed by atoms with Crippen LogP contribution in [-0.2, 0) is 27.2 Å². The van der Waals surface area contributed by atoms with E-state index in [1.807, 2.05) is 19.1 Å². The molecule has 4 aromatic rings.